The third-order valence-electron chi connectivity index (χ3n) is 4.83. The highest BCUT2D eigenvalue weighted by atomic mass is 16.3. The van der Waals surface area contributed by atoms with Crippen molar-refractivity contribution in [3.8, 4) is 16.9 Å². The van der Waals surface area contributed by atoms with Gasteiger partial charge < -0.3 is 5.11 Å². The van der Waals surface area contributed by atoms with E-state index in [0.717, 1.165) is 11.1 Å². The number of hydrogen-bond acceptors (Lipinski definition) is 1. The third kappa shape index (κ3) is 3.28. The summed E-state index contributed by atoms with van der Waals surface area (Å²) in [5.74, 6) is 0.434. The first-order valence-corrected chi connectivity index (χ1v) is 8.95. The van der Waals surface area contributed by atoms with Crippen molar-refractivity contribution in [1.29, 1.82) is 0 Å². The number of aromatic hydroxyl groups is 1. The molecule has 1 N–H and O–H groups in total. The summed E-state index contributed by atoms with van der Waals surface area (Å²) >= 11 is 0. The van der Waals surface area contributed by atoms with Crippen molar-refractivity contribution in [2.75, 3.05) is 0 Å². The predicted octanol–water partition coefficient (Wildman–Crippen LogP) is 6.81. The summed E-state index contributed by atoms with van der Waals surface area (Å²) < 4.78 is 0. The van der Waals surface area contributed by atoms with Crippen LogP contribution in [0.2, 0.25) is 0 Å². The number of fused-ring (bicyclic) bond motifs is 1. The van der Waals surface area contributed by atoms with Gasteiger partial charge in [0.2, 0.25) is 0 Å². The maximum absolute atomic E-state index is 10.9. The van der Waals surface area contributed by atoms with Gasteiger partial charge >= 0.3 is 0 Å². The highest BCUT2D eigenvalue weighted by Crippen LogP contribution is 2.42. The van der Waals surface area contributed by atoms with Gasteiger partial charge in [-0.05, 0) is 44.9 Å². The highest BCUT2D eigenvalue weighted by molar-refractivity contribution is 5.97. The highest BCUT2D eigenvalue weighted by Gasteiger charge is 2.27. The molecule has 0 atom stereocenters. The Labute approximate surface area is 151 Å². The largest absolute Gasteiger partial charge is 0.507 e. The average Bonchev–Trinajstić information content (AvgIpc) is 2.52. The van der Waals surface area contributed by atoms with Crippen LogP contribution in [0.5, 0.6) is 5.75 Å². The lowest BCUT2D eigenvalue weighted by Crippen LogP contribution is -2.17. The predicted molar refractivity (Wildman–Crippen MR) is 108 cm³/mol. The van der Waals surface area contributed by atoms with Crippen LogP contribution in [-0.2, 0) is 10.8 Å². The van der Waals surface area contributed by atoms with Crippen molar-refractivity contribution in [3.05, 3.63) is 65.7 Å². The molecule has 25 heavy (non-hydrogen) atoms. The van der Waals surface area contributed by atoms with E-state index in [9.17, 15) is 5.11 Å². The fraction of sp³-hybridized carbons (Fsp3) is 0.333. The molecule has 0 aliphatic rings. The third-order valence-corrected chi connectivity index (χ3v) is 4.83. The van der Waals surface area contributed by atoms with Gasteiger partial charge in [-0.15, -0.1) is 0 Å². The molecule has 0 aliphatic heterocycles. The first-order valence-electron chi connectivity index (χ1n) is 8.95. The van der Waals surface area contributed by atoms with Crippen molar-refractivity contribution in [2.24, 2.45) is 0 Å². The molecule has 130 valence electrons. The van der Waals surface area contributed by atoms with Crippen LogP contribution in [-0.4, -0.2) is 5.11 Å². The lowest BCUT2D eigenvalue weighted by atomic mass is 9.77. The summed E-state index contributed by atoms with van der Waals surface area (Å²) in [7, 11) is 0. The molecular weight excluding hydrogens is 304 g/mol. The minimum Gasteiger partial charge on any atom is -0.507 e. The van der Waals surface area contributed by atoms with E-state index in [4.69, 9.17) is 0 Å². The van der Waals surface area contributed by atoms with E-state index in [1.54, 1.807) is 0 Å². The second-order valence-corrected chi connectivity index (χ2v) is 8.95. The quantitative estimate of drug-likeness (QED) is 0.519. The molecule has 0 amide bonds. The molecule has 0 saturated carbocycles. The van der Waals surface area contributed by atoms with Crippen molar-refractivity contribution in [2.45, 2.75) is 52.4 Å². The fourth-order valence-corrected chi connectivity index (χ4v) is 3.41. The number of benzene rings is 3. The molecule has 0 unspecified atom stereocenters. The monoisotopic (exact) mass is 332 g/mol. The number of hydrogen-bond donors (Lipinski definition) is 1. The smallest absolute Gasteiger partial charge is 0.123 e. The molecular formula is C24H28O. The first-order chi connectivity index (χ1) is 11.6. The summed E-state index contributed by atoms with van der Waals surface area (Å²) in [5.41, 5.74) is 4.15. The zero-order valence-corrected chi connectivity index (χ0v) is 16.1. The van der Waals surface area contributed by atoms with Crippen LogP contribution >= 0.6 is 0 Å². The Balaban J connectivity index is 2.36. The lowest BCUT2D eigenvalue weighted by molar-refractivity contribution is 0.423. The van der Waals surface area contributed by atoms with E-state index in [-0.39, 0.29) is 10.8 Å². The van der Waals surface area contributed by atoms with Gasteiger partial charge in [-0.3, -0.25) is 0 Å². The van der Waals surface area contributed by atoms with Gasteiger partial charge in [0.05, 0.1) is 0 Å². The van der Waals surface area contributed by atoms with E-state index >= 15 is 0 Å². The van der Waals surface area contributed by atoms with Gasteiger partial charge in [0.1, 0.15) is 5.75 Å². The van der Waals surface area contributed by atoms with E-state index in [0.29, 0.717) is 5.75 Å². The van der Waals surface area contributed by atoms with E-state index < -0.39 is 0 Å². The molecule has 3 aromatic rings. The normalized spacial score (nSPS) is 12.6. The summed E-state index contributed by atoms with van der Waals surface area (Å²) in [4.78, 5) is 0. The van der Waals surface area contributed by atoms with Crippen LogP contribution in [0.3, 0.4) is 0 Å². The first kappa shape index (κ1) is 17.5. The molecule has 0 fully saturated rings. The molecule has 0 radical (unpaired) electrons. The number of phenolic OH excluding ortho intramolecular Hbond substituents is 1. The Hall–Kier alpha value is -2.28. The number of rotatable bonds is 1. The molecule has 0 spiro atoms. The maximum Gasteiger partial charge on any atom is 0.123 e. The van der Waals surface area contributed by atoms with Gasteiger partial charge in [0.25, 0.3) is 0 Å². The van der Waals surface area contributed by atoms with E-state index in [1.807, 2.05) is 0 Å². The van der Waals surface area contributed by atoms with Crippen molar-refractivity contribution >= 4 is 10.8 Å². The molecule has 3 aromatic carbocycles. The van der Waals surface area contributed by atoms with Crippen LogP contribution in [0.4, 0.5) is 0 Å². The minimum atomic E-state index is -0.120. The summed E-state index contributed by atoms with van der Waals surface area (Å²) in [6, 6.07) is 19.2. The van der Waals surface area contributed by atoms with Crippen LogP contribution in [0, 0.1) is 0 Å². The van der Waals surface area contributed by atoms with Gasteiger partial charge in [-0.1, -0.05) is 84.0 Å². The van der Waals surface area contributed by atoms with Gasteiger partial charge in [-0.2, -0.15) is 0 Å². The molecule has 1 nitrogen and oxygen atoms in total. The minimum absolute atomic E-state index is 0.120. The maximum atomic E-state index is 10.9. The second-order valence-electron chi connectivity index (χ2n) is 8.95. The Morgan fingerprint density at radius 3 is 1.76 bits per heavy atom. The lowest BCUT2D eigenvalue weighted by Gasteiger charge is -2.28. The van der Waals surface area contributed by atoms with Gasteiger partial charge in [0.15, 0.2) is 0 Å². The molecule has 0 saturated heterocycles. The zero-order chi connectivity index (χ0) is 18.4. The fourth-order valence-electron chi connectivity index (χ4n) is 3.41. The number of phenols is 1. The summed E-state index contributed by atoms with van der Waals surface area (Å²) in [5, 5.41) is 13.4. The van der Waals surface area contributed by atoms with Crippen LogP contribution in [0.15, 0.2) is 54.6 Å². The van der Waals surface area contributed by atoms with Gasteiger partial charge in [0, 0.05) is 11.1 Å². The van der Waals surface area contributed by atoms with Crippen LogP contribution in [0.25, 0.3) is 21.9 Å². The van der Waals surface area contributed by atoms with Crippen LogP contribution in [0.1, 0.15) is 52.7 Å². The Morgan fingerprint density at radius 1 is 0.680 bits per heavy atom. The summed E-state index contributed by atoms with van der Waals surface area (Å²) in [6.07, 6.45) is 0. The Morgan fingerprint density at radius 2 is 1.20 bits per heavy atom. The zero-order valence-electron chi connectivity index (χ0n) is 16.1. The average molecular weight is 332 g/mol. The van der Waals surface area contributed by atoms with Crippen molar-refractivity contribution < 1.29 is 5.11 Å². The molecule has 0 aromatic heterocycles. The molecule has 0 aliphatic carbocycles. The Kier molecular flexibility index (Phi) is 4.15. The van der Waals surface area contributed by atoms with E-state index in [2.05, 4.69) is 96.1 Å². The molecule has 1 heteroatoms. The standard InChI is InChI=1S/C24H28O/c1-23(2,3)20-14-17(15-21(22(20)25)24(4,5)6)19-13-9-11-16-10-7-8-12-18(16)19/h7-15,25H,1-6H3. The SMILES string of the molecule is CC(C)(C)c1cc(-c2cccc3ccccc23)cc(C(C)(C)C)c1O. The molecule has 3 rings (SSSR count). The van der Waals surface area contributed by atoms with Gasteiger partial charge in [-0.25, -0.2) is 0 Å². The Bertz CT molecular complexity index is 880. The topological polar surface area (TPSA) is 20.2 Å². The second kappa shape index (κ2) is 5.91. The molecule has 0 bridgehead atoms. The van der Waals surface area contributed by atoms with Crippen molar-refractivity contribution in [3.63, 3.8) is 0 Å². The van der Waals surface area contributed by atoms with Crippen molar-refractivity contribution in [1.82, 2.24) is 0 Å². The molecule has 0 heterocycles. The van der Waals surface area contributed by atoms with E-state index in [1.165, 1.54) is 21.9 Å². The van der Waals surface area contributed by atoms with Crippen LogP contribution < -0.4 is 0 Å². The summed E-state index contributed by atoms with van der Waals surface area (Å²) in [6.45, 7) is 12.9.